The molecule has 2 rings (SSSR count). The third-order valence-corrected chi connectivity index (χ3v) is 5.25. The van der Waals surface area contributed by atoms with Crippen LogP contribution in [0.2, 0.25) is 0 Å². The molecule has 1 unspecified atom stereocenters. The van der Waals surface area contributed by atoms with Crippen molar-refractivity contribution in [3.63, 3.8) is 0 Å². The predicted octanol–water partition coefficient (Wildman–Crippen LogP) is 3.04. The van der Waals surface area contributed by atoms with Gasteiger partial charge in [-0.05, 0) is 51.6 Å². The average Bonchev–Trinajstić information content (AvgIpc) is 2.65. The molecule has 0 aromatic heterocycles. The van der Waals surface area contributed by atoms with Gasteiger partial charge in [-0.2, -0.15) is 13.2 Å². The number of rotatable bonds is 5. The fourth-order valence-electron chi connectivity index (χ4n) is 3.25. The summed E-state index contributed by atoms with van der Waals surface area (Å²) in [6.07, 6.45) is -2.53. The van der Waals surface area contributed by atoms with Gasteiger partial charge in [0, 0.05) is 32.3 Å². The number of benzene rings is 1. The van der Waals surface area contributed by atoms with E-state index in [2.05, 4.69) is 34.6 Å². The zero-order valence-corrected chi connectivity index (χ0v) is 16.4. The second kappa shape index (κ2) is 8.93. The lowest BCUT2D eigenvalue weighted by Crippen LogP contribution is -2.57. The molecule has 0 bridgehead atoms. The maximum absolute atomic E-state index is 12.9. The first-order valence-electron chi connectivity index (χ1n) is 9.07. The monoisotopic (exact) mass is 386 g/mol. The van der Waals surface area contributed by atoms with Gasteiger partial charge in [0.25, 0.3) is 0 Å². The van der Waals surface area contributed by atoms with Crippen molar-refractivity contribution in [3.05, 3.63) is 35.4 Å². The molecule has 1 atom stereocenters. The highest BCUT2D eigenvalue weighted by molar-refractivity contribution is 5.80. The maximum Gasteiger partial charge on any atom is 0.416 e. The molecule has 1 fully saturated rings. The first kappa shape index (κ1) is 21.5. The van der Waals surface area contributed by atoms with Crippen molar-refractivity contribution < 1.29 is 17.9 Å². The SMILES string of the molecule is CN=C(NCC1(N(C)C)CCOCC1)NC(C)c1cccc(C(F)(F)F)c1. The van der Waals surface area contributed by atoms with Crippen molar-refractivity contribution in [1.29, 1.82) is 0 Å². The third kappa shape index (κ3) is 5.59. The van der Waals surface area contributed by atoms with E-state index in [0.29, 0.717) is 31.3 Å². The number of ether oxygens (including phenoxy) is 1. The first-order chi connectivity index (χ1) is 12.7. The molecule has 1 aromatic carbocycles. The van der Waals surface area contributed by atoms with Crippen LogP contribution in [-0.2, 0) is 10.9 Å². The van der Waals surface area contributed by atoms with Gasteiger partial charge in [0.2, 0.25) is 0 Å². The molecule has 27 heavy (non-hydrogen) atoms. The molecule has 0 amide bonds. The zero-order valence-electron chi connectivity index (χ0n) is 16.4. The summed E-state index contributed by atoms with van der Waals surface area (Å²) >= 11 is 0. The predicted molar refractivity (Wildman–Crippen MR) is 101 cm³/mol. The minimum atomic E-state index is -4.35. The zero-order chi connectivity index (χ0) is 20.1. The van der Waals surface area contributed by atoms with Crippen LogP contribution in [0, 0.1) is 0 Å². The van der Waals surface area contributed by atoms with Gasteiger partial charge in [-0.3, -0.25) is 4.99 Å². The van der Waals surface area contributed by atoms with E-state index in [1.807, 2.05) is 6.92 Å². The summed E-state index contributed by atoms with van der Waals surface area (Å²) in [6, 6.07) is 5.04. The van der Waals surface area contributed by atoms with E-state index in [0.717, 1.165) is 18.9 Å². The van der Waals surface area contributed by atoms with Gasteiger partial charge in [-0.1, -0.05) is 12.1 Å². The molecule has 1 aromatic rings. The van der Waals surface area contributed by atoms with Crippen molar-refractivity contribution in [1.82, 2.24) is 15.5 Å². The standard InChI is InChI=1S/C19H29F3N4O/c1-14(15-6-5-7-16(12-15)19(20,21)22)25-17(23-2)24-13-18(26(3)4)8-10-27-11-9-18/h5-7,12,14H,8-11,13H2,1-4H3,(H2,23,24,25). The number of alkyl halides is 3. The second-order valence-corrected chi connectivity index (χ2v) is 7.15. The molecule has 2 N–H and O–H groups in total. The van der Waals surface area contributed by atoms with Gasteiger partial charge in [0.15, 0.2) is 5.96 Å². The Labute approximate surface area is 159 Å². The Bertz CT molecular complexity index is 640. The number of nitrogens with zero attached hydrogens (tertiary/aromatic N) is 2. The van der Waals surface area contributed by atoms with Crippen molar-refractivity contribution >= 4 is 5.96 Å². The first-order valence-corrected chi connectivity index (χ1v) is 9.07. The fourth-order valence-corrected chi connectivity index (χ4v) is 3.25. The lowest BCUT2D eigenvalue weighted by Gasteiger charge is -2.43. The van der Waals surface area contributed by atoms with E-state index in [1.165, 1.54) is 12.1 Å². The van der Waals surface area contributed by atoms with Crippen LogP contribution in [-0.4, -0.2) is 57.3 Å². The molecule has 0 radical (unpaired) electrons. The summed E-state index contributed by atoms with van der Waals surface area (Å²) in [5.74, 6) is 0.563. The summed E-state index contributed by atoms with van der Waals surface area (Å²) < 4.78 is 44.3. The number of nitrogens with one attached hydrogen (secondary N) is 2. The van der Waals surface area contributed by atoms with Crippen LogP contribution in [0.3, 0.4) is 0 Å². The van der Waals surface area contributed by atoms with Crippen molar-refractivity contribution in [2.75, 3.05) is 40.9 Å². The van der Waals surface area contributed by atoms with Crippen LogP contribution in [0.1, 0.15) is 36.9 Å². The number of halogens is 3. The second-order valence-electron chi connectivity index (χ2n) is 7.15. The summed E-state index contributed by atoms with van der Waals surface area (Å²) in [5.41, 5.74) is -0.124. The quantitative estimate of drug-likeness (QED) is 0.603. The molecule has 0 saturated carbocycles. The number of hydrogen-bond donors (Lipinski definition) is 2. The molecule has 1 saturated heterocycles. The highest BCUT2D eigenvalue weighted by Gasteiger charge is 2.35. The van der Waals surface area contributed by atoms with Crippen molar-refractivity contribution in [2.45, 2.75) is 37.5 Å². The number of aliphatic imine (C=N–C) groups is 1. The Morgan fingerprint density at radius 3 is 2.52 bits per heavy atom. The lowest BCUT2D eigenvalue weighted by atomic mass is 9.88. The van der Waals surface area contributed by atoms with Gasteiger partial charge in [0.1, 0.15) is 0 Å². The van der Waals surface area contributed by atoms with Gasteiger partial charge >= 0.3 is 6.18 Å². The molecule has 1 heterocycles. The summed E-state index contributed by atoms with van der Waals surface area (Å²) in [7, 11) is 5.75. The molecule has 152 valence electrons. The molecule has 5 nitrogen and oxygen atoms in total. The van der Waals surface area contributed by atoms with E-state index in [9.17, 15) is 13.2 Å². The van der Waals surface area contributed by atoms with E-state index >= 15 is 0 Å². The average molecular weight is 386 g/mol. The Hall–Kier alpha value is -1.80. The van der Waals surface area contributed by atoms with Crippen molar-refractivity contribution in [3.8, 4) is 0 Å². The Kier molecular flexibility index (Phi) is 7.11. The van der Waals surface area contributed by atoms with E-state index in [1.54, 1.807) is 13.1 Å². The molecule has 1 aliphatic heterocycles. The normalized spacial score (nSPS) is 19.0. The van der Waals surface area contributed by atoms with Crippen LogP contribution in [0.4, 0.5) is 13.2 Å². The number of likely N-dealkylation sites (N-methyl/N-ethyl adjacent to an activating group) is 1. The van der Waals surface area contributed by atoms with Gasteiger partial charge in [0.05, 0.1) is 11.6 Å². The van der Waals surface area contributed by atoms with Crippen LogP contribution in [0.15, 0.2) is 29.3 Å². The molecule has 1 aliphatic rings. The van der Waals surface area contributed by atoms with Gasteiger partial charge in [-0.25, -0.2) is 0 Å². The highest BCUT2D eigenvalue weighted by Crippen LogP contribution is 2.30. The van der Waals surface area contributed by atoms with Crippen molar-refractivity contribution in [2.24, 2.45) is 4.99 Å². The highest BCUT2D eigenvalue weighted by atomic mass is 19.4. The largest absolute Gasteiger partial charge is 0.416 e. The number of hydrogen-bond acceptors (Lipinski definition) is 3. The minimum Gasteiger partial charge on any atom is -0.381 e. The molecule has 0 aliphatic carbocycles. The minimum absolute atomic E-state index is 0.0324. The Morgan fingerprint density at radius 2 is 1.96 bits per heavy atom. The Morgan fingerprint density at radius 1 is 1.30 bits per heavy atom. The third-order valence-electron chi connectivity index (χ3n) is 5.25. The van der Waals surface area contributed by atoms with Crippen LogP contribution in [0.5, 0.6) is 0 Å². The molecular weight excluding hydrogens is 357 g/mol. The smallest absolute Gasteiger partial charge is 0.381 e. The molecule has 0 spiro atoms. The maximum atomic E-state index is 12.9. The Balaban J connectivity index is 2.02. The van der Waals surface area contributed by atoms with E-state index in [-0.39, 0.29) is 11.6 Å². The van der Waals surface area contributed by atoms with E-state index < -0.39 is 11.7 Å². The number of guanidine groups is 1. The van der Waals surface area contributed by atoms with Crippen LogP contribution >= 0.6 is 0 Å². The van der Waals surface area contributed by atoms with Crippen LogP contribution < -0.4 is 10.6 Å². The summed E-state index contributed by atoms with van der Waals surface area (Å²) in [5, 5.41) is 6.51. The summed E-state index contributed by atoms with van der Waals surface area (Å²) in [6.45, 7) is 3.93. The van der Waals surface area contributed by atoms with E-state index in [4.69, 9.17) is 4.74 Å². The molecular formula is C19H29F3N4O. The topological polar surface area (TPSA) is 48.9 Å². The molecule has 8 heteroatoms. The fraction of sp³-hybridized carbons (Fsp3) is 0.632. The van der Waals surface area contributed by atoms with Crippen LogP contribution in [0.25, 0.3) is 0 Å². The van der Waals surface area contributed by atoms with Gasteiger partial charge < -0.3 is 20.3 Å². The lowest BCUT2D eigenvalue weighted by molar-refractivity contribution is -0.137. The van der Waals surface area contributed by atoms with Gasteiger partial charge in [-0.15, -0.1) is 0 Å². The summed E-state index contributed by atoms with van der Waals surface area (Å²) in [4.78, 5) is 6.42.